The Morgan fingerprint density at radius 3 is 2.45 bits per heavy atom. The molecule has 7 heteroatoms. The van der Waals surface area contributed by atoms with E-state index in [1.54, 1.807) is 6.07 Å². The summed E-state index contributed by atoms with van der Waals surface area (Å²) in [6.45, 7) is 4.36. The first-order chi connectivity index (χ1) is 10.3. The van der Waals surface area contributed by atoms with Gasteiger partial charge >= 0.3 is 0 Å². The molecule has 0 bridgehead atoms. The van der Waals surface area contributed by atoms with Crippen molar-refractivity contribution in [1.29, 1.82) is 0 Å². The van der Waals surface area contributed by atoms with E-state index in [0.29, 0.717) is 28.1 Å². The molecule has 0 saturated carbocycles. The van der Waals surface area contributed by atoms with Crippen LogP contribution in [0.1, 0.15) is 30.6 Å². The summed E-state index contributed by atoms with van der Waals surface area (Å²) >= 11 is 11.6. The fourth-order valence-corrected chi connectivity index (χ4v) is 2.26. The van der Waals surface area contributed by atoms with Crippen LogP contribution in [0.3, 0.4) is 0 Å². The Morgan fingerprint density at radius 1 is 1.23 bits per heavy atom. The monoisotopic (exact) mass is 345 g/mol. The van der Waals surface area contributed by atoms with Crippen LogP contribution in [0.4, 0.5) is 0 Å². The van der Waals surface area contributed by atoms with Crippen molar-refractivity contribution >= 4 is 35.0 Å². The van der Waals surface area contributed by atoms with E-state index in [0.717, 1.165) is 6.42 Å². The van der Waals surface area contributed by atoms with Crippen molar-refractivity contribution < 1.29 is 9.59 Å². The highest BCUT2D eigenvalue weighted by atomic mass is 35.5. The molecule has 22 heavy (non-hydrogen) atoms. The zero-order valence-electron chi connectivity index (χ0n) is 12.7. The first-order valence-electron chi connectivity index (χ1n) is 7.06. The lowest BCUT2D eigenvalue weighted by Gasteiger charge is -2.18. The van der Waals surface area contributed by atoms with Crippen molar-refractivity contribution in [2.45, 2.75) is 26.3 Å². The van der Waals surface area contributed by atoms with Gasteiger partial charge in [-0.1, -0.05) is 37.0 Å². The molecule has 1 atom stereocenters. The van der Waals surface area contributed by atoms with E-state index in [1.807, 2.05) is 0 Å². The van der Waals surface area contributed by atoms with E-state index in [1.165, 1.54) is 12.1 Å². The average Bonchev–Trinajstić information content (AvgIpc) is 2.46. The molecule has 0 fully saturated rings. The maximum atomic E-state index is 11.9. The molecule has 0 spiro atoms. The Labute approximate surface area is 140 Å². The molecule has 1 aromatic rings. The molecular formula is C15H21Cl2N3O2. The highest BCUT2D eigenvalue weighted by Gasteiger charge is 2.14. The first-order valence-corrected chi connectivity index (χ1v) is 7.81. The van der Waals surface area contributed by atoms with Gasteiger partial charge in [0.2, 0.25) is 5.91 Å². The fraction of sp³-hybridized carbons (Fsp3) is 0.467. The molecule has 0 radical (unpaired) electrons. The van der Waals surface area contributed by atoms with Crippen molar-refractivity contribution in [3.05, 3.63) is 33.8 Å². The topological polar surface area (TPSA) is 84.2 Å². The Bertz CT molecular complexity index is 536. The van der Waals surface area contributed by atoms with Crippen LogP contribution in [0.15, 0.2) is 18.2 Å². The molecular weight excluding hydrogens is 325 g/mol. The molecule has 0 aliphatic rings. The summed E-state index contributed by atoms with van der Waals surface area (Å²) < 4.78 is 0. The summed E-state index contributed by atoms with van der Waals surface area (Å²) in [4.78, 5) is 23.8. The van der Waals surface area contributed by atoms with Crippen LogP contribution in [-0.4, -0.2) is 30.9 Å². The predicted molar refractivity (Wildman–Crippen MR) is 89.2 cm³/mol. The van der Waals surface area contributed by atoms with Gasteiger partial charge in [-0.15, -0.1) is 0 Å². The summed E-state index contributed by atoms with van der Waals surface area (Å²) in [7, 11) is 0. The van der Waals surface area contributed by atoms with Gasteiger partial charge in [-0.05, 0) is 30.5 Å². The molecule has 1 unspecified atom stereocenters. The quantitative estimate of drug-likeness (QED) is 0.708. The molecule has 0 aliphatic carbocycles. The SMILES string of the molecule is CC(C)CC(CN)NC(=O)CNC(=O)c1ccc(Cl)c(Cl)c1. The van der Waals surface area contributed by atoms with Crippen LogP contribution in [0.25, 0.3) is 0 Å². The second kappa shape index (κ2) is 8.98. The second-order valence-electron chi connectivity index (χ2n) is 5.44. The summed E-state index contributed by atoms with van der Waals surface area (Å²) in [5.41, 5.74) is 5.96. The standard InChI is InChI=1S/C15H21Cl2N3O2/c1-9(2)5-11(7-18)20-14(21)8-19-15(22)10-3-4-12(16)13(17)6-10/h3-4,6,9,11H,5,7-8,18H2,1-2H3,(H,19,22)(H,20,21). The van der Waals surface area contributed by atoms with E-state index in [2.05, 4.69) is 24.5 Å². The Hall–Kier alpha value is -1.30. The minimum absolute atomic E-state index is 0.0885. The molecule has 2 amide bonds. The Morgan fingerprint density at radius 2 is 1.91 bits per heavy atom. The van der Waals surface area contributed by atoms with E-state index >= 15 is 0 Å². The molecule has 1 rings (SSSR count). The molecule has 0 saturated heterocycles. The van der Waals surface area contributed by atoms with Crippen molar-refractivity contribution in [3.8, 4) is 0 Å². The normalized spacial score (nSPS) is 12.1. The van der Waals surface area contributed by atoms with Crippen molar-refractivity contribution in [2.24, 2.45) is 11.7 Å². The van der Waals surface area contributed by atoms with Crippen molar-refractivity contribution in [2.75, 3.05) is 13.1 Å². The maximum absolute atomic E-state index is 11.9. The molecule has 0 aromatic heterocycles. The van der Waals surface area contributed by atoms with Crippen LogP contribution in [0.2, 0.25) is 10.0 Å². The van der Waals surface area contributed by atoms with Crippen LogP contribution in [0.5, 0.6) is 0 Å². The molecule has 1 aromatic carbocycles. The first kappa shape index (κ1) is 18.7. The third-order valence-electron chi connectivity index (χ3n) is 3.00. The van der Waals surface area contributed by atoms with Gasteiger partial charge in [0.1, 0.15) is 0 Å². The minimum atomic E-state index is -0.387. The van der Waals surface area contributed by atoms with Gasteiger partial charge in [0.25, 0.3) is 5.91 Å². The van der Waals surface area contributed by atoms with E-state index in [9.17, 15) is 9.59 Å². The van der Waals surface area contributed by atoms with Crippen LogP contribution in [-0.2, 0) is 4.79 Å². The van der Waals surface area contributed by atoms with Crippen LogP contribution < -0.4 is 16.4 Å². The smallest absolute Gasteiger partial charge is 0.251 e. The lowest BCUT2D eigenvalue weighted by molar-refractivity contribution is -0.120. The second-order valence-corrected chi connectivity index (χ2v) is 6.26. The summed E-state index contributed by atoms with van der Waals surface area (Å²) in [5.74, 6) is -0.231. The number of rotatable bonds is 7. The summed E-state index contributed by atoms with van der Waals surface area (Å²) in [6.07, 6.45) is 0.795. The van der Waals surface area contributed by atoms with Gasteiger partial charge in [-0.3, -0.25) is 9.59 Å². The maximum Gasteiger partial charge on any atom is 0.251 e. The third-order valence-corrected chi connectivity index (χ3v) is 3.74. The number of benzene rings is 1. The zero-order chi connectivity index (χ0) is 16.7. The third kappa shape index (κ3) is 6.22. The summed E-state index contributed by atoms with van der Waals surface area (Å²) in [6, 6.07) is 4.45. The largest absolute Gasteiger partial charge is 0.351 e. The van der Waals surface area contributed by atoms with Crippen molar-refractivity contribution in [3.63, 3.8) is 0 Å². The van der Waals surface area contributed by atoms with Gasteiger partial charge in [0.05, 0.1) is 16.6 Å². The van der Waals surface area contributed by atoms with Crippen LogP contribution in [0, 0.1) is 5.92 Å². The Kier molecular flexibility index (Phi) is 7.65. The summed E-state index contributed by atoms with van der Waals surface area (Å²) in [5, 5.41) is 6.00. The number of nitrogens with two attached hydrogens (primary N) is 1. The average molecular weight is 346 g/mol. The van der Waals surface area contributed by atoms with Gasteiger partial charge in [0.15, 0.2) is 0 Å². The van der Waals surface area contributed by atoms with Crippen molar-refractivity contribution in [1.82, 2.24) is 10.6 Å². The lowest BCUT2D eigenvalue weighted by atomic mass is 10.0. The minimum Gasteiger partial charge on any atom is -0.351 e. The number of hydrogen-bond acceptors (Lipinski definition) is 3. The number of amides is 2. The molecule has 5 nitrogen and oxygen atoms in total. The van der Waals surface area contributed by atoms with E-state index in [-0.39, 0.29) is 24.4 Å². The molecule has 0 heterocycles. The lowest BCUT2D eigenvalue weighted by Crippen LogP contribution is -2.45. The van der Waals surface area contributed by atoms with Gasteiger partial charge < -0.3 is 16.4 Å². The highest BCUT2D eigenvalue weighted by molar-refractivity contribution is 6.42. The van der Waals surface area contributed by atoms with Crippen LogP contribution >= 0.6 is 23.2 Å². The number of hydrogen-bond donors (Lipinski definition) is 3. The van der Waals surface area contributed by atoms with Gasteiger partial charge in [-0.25, -0.2) is 0 Å². The number of halogens is 2. The fourth-order valence-electron chi connectivity index (χ4n) is 1.96. The predicted octanol–water partition coefficient (Wildman–Crippen LogP) is 2.21. The molecule has 0 aliphatic heterocycles. The van der Waals surface area contributed by atoms with Gasteiger partial charge in [0, 0.05) is 18.2 Å². The number of carbonyl (C=O) groups excluding carboxylic acids is 2. The molecule has 4 N–H and O–H groups in total. The number of carbonyl (C=O) groups is 2. The molecule has 122 valence electrons. The highest BCUT2D eigenvalue weighted by Crippen LogP contribution is 2.22. The van der Waals surface area contributed by atoms with E-state index in [4.69, 9.17) is 28.9 Å². The number of nitrogens with one attached hydrogen (secondary N) is 2. The Balaban J connectivity index is 2.49. The zero-order valence-corrected chi connectivity index (χ0v) is 14.2. The van der Waals surface area contributed by atoms with Gasteiger partial charge in [-0.2, -0.15) is 0 Å². The van der Waals surface area contributed by atoms with E-state index < -0.39 is 0 Å².